The molecule has 2 heterocycles. The second-order valence-electron chi connectivity index (χ2n) is 5.05. The second kappa shape index (κ2) is 6.65. The van der Waals surface area contributed by atoms with Gasteiger partial charge in [0.1, 0.15) is 4.90 Å². The summed E-state index contributed by atoms with van der Waals surface area (Å²) in [7, 11) is 2.63. The third-order valence-electron chi connectivity index (χ3n) is 2.97. The van der Waals surface area contributed by atoms with Crippen molar-refractivity contribution in [2.45, 2.75) is 24.7 Å². The monoisotopic (exact) mass is 373 g/mol. The van der Waals surface area contributed by atoms with Crippen molar-refractivity contribution in [3.8, 4) is 17.4 Å². The molecule has 0 aliphatic rings. The number of pyridine rings is 1. The van der Waals surface area contributed by atoms with Crippen molar-refractivity contribution < 1.29 is 17.9 Å². The van der Waals surface area contributed by atoms with Gasteiger partial charge in [-0.2, -0.15) is 4.98 Å². The Kier molecular flexibility index (Phi) is 4.99. The van der Waals surface area contributed by atoms with Crippen LogP contribution in [-0.4, -0.2) is 30.5 Å². The van der Waals surface area contributed by atoms with Crippen molar-refractivity contribution in [2.75, 3.05) is 18.6 Å². The zero-order chi connectivity index (χ0) is 18.1. The van der Waals surface area contributed by atoms with Gasteiger partial charge in [0.25, 0.3) is 9.05 Å². The third kappa shape index (κ3) is 3.77. The molecule has 0 aliphatic heterocycles. The smallest absolute Gasteiger partial charge is 0.266 e. The molecule has 2 rings (SSSR count). The van der Waals surface area contributed by atoms with E-state index in [1.807, 2.05) is 13.8 Å². The topological polar surface area (TPSA) is 143 Å². The van der Waals surface area contributed by atoms with Gasteiger partial charge in [-0.15, -0.1) is 0 Å². The van der Waals surface area contributed by atoms with Gasteiger partial charge in [0.2, 0.25) is 11.8 Å². The Balaban J connectivity index is 2.62. The maximum atomic E-state index is 11.7. The van der Waals surface area contributed by atoms with Crippen LogP contribution >= 0.6 is 10.7 Å². The highest BCUT2D eigenvalue weighted by molar-refractivity contribution is 8.13. The van der Waals surface area contributed by atoms with Crippen LogP contribution in [0.25, 0.3) is 0 Å². The van der Waals surface area contributed by atoms with Crippen LogP contribution in [0.15, 0.2) is 17.2 Å². The summed E-state index contributed by atoms with van der Waals surface area (Å²) >= 11 is 0. The number of nitrogen functional groups attached to an aromatic ring is 2. The molecule has 24 heavy (non-hydrogen) atoms. The summed E-state index contributed by atoms with van der Waals surface area (Å²) in [5.74, 6) is 0.0182. The summed E-state index contributed by atoms with van der Waals surface area (Å²) in [5, 5.41) is 0. The molecule has 2 aromatic rings. The van der Waals surface area contributed by atoms with Gasteiger partial charge in [0.15, 0.2) is 17.3 Å². The average molecular weight is 374 g/mol. The highest BCUT2D eigenvalue weighted by atomic mass is 35.7. The van der Waals surface area contributed by atoms with E-state index in [4.69, 9.17) is 31.6 Å². The summed E-state index contributed by atoms with van der Waals surface area (Å²) in [6.45, 7) is 3.71. The molecular weight excluding hydrogens is 358 g/mol. The van der Waals surface area contributed by atoms with Crippen LogP contribution in [0.3, 0.4) is 0 Å². The van der Waals surface area contributed by atoms with Crippen LogP contribution in [0.5, 0.6) is 17.4 Å². The fourth-order valence-electron chi connectivity index (χ4n) is 1.89. The van der Waals surface area contributed by atoms with E-state index in [9.17, 15) is 8.42 Å². The Hall–Kier alpha value is -2.33. The minimum atomic E-state index is -4.10. The van der Waals surface area contributed by atoms with E-state index >= 15 is 0 Å². The van der Waals surface area contributed by atoms with E-state index in [-0.39, 0.29) is 40.0 Å². The van der Waals surface area contributed by atoms with Crippen molar-refractivity contribution in [3.05, 3.63) is 18.0 Å². The molecule has 0 spiro atoms. The lowest BCUT2D eigenvalue weighted by atomic mass is 10.1. The molecule has 9 nitrogen and oxygen atoms in total. The van der Waals surface area contributed by atoms with Crippen LogP contribution in [0.4, 0.5) is 11.8 Å². The molecule has 0 atom stereocenters. The van der Waals surface area contributed by atoms with Crippen molar-refractivity contribution in [1.29, 1.82) is 0 Å². The lowest BCUT2D eigenvalue weighted by Gasteiger charge is -2.16. The molecule has 11 heteroatoms. The quantitative estimate of drug-likeness (QED) is 0.750. The lowest BCUT2D eigenvalue weighted by Crippen LogP contribution is -2.07. The Bertz CT molecular complexity index is 873. The highest BCUT2D eigenvalue weighted by Gasteiger charge is 2.24. The van der Waals surface area contributed by atoms with Crippen LogP contribution in [0.1, 0.15) is 25.5 Å². The molecule has 0 bridgehead atoms. The van der Waals surface area contributed by atoms with E-state index in [0.717, 1.165) is 0 Å². The summed E-state index contributed by atoms with van der Waals surface area (Å²) in [4.78, 5) is 11.4. The van der Waals surface area contributed by atoms with E-state index in [2.05, 4.69) is 15.0 Å². The fraction of sp³-hybridized carbons (Fsp3) is 0.308. The van der Waals surface area contributed by atoms with E-state index in [1.165, 1.54) is 19.4 Å². The SMILES string of the molecule is COc1nc(C(C)C)c(Oc2cnc(N)nc2N)cc1S(=O)(=O)Cl. The number of nitrogens with two attached hydrogens (primary N) is 2. The first-order chi connectivity index (χ1) is 11.1. The van der Waals surface area contributed by atoms with Crippen LogP contribution in [0.2, 0.25) is 0 Å². The maximum absolute atomic E-state index is 11.7. The molecule has 0 aliphatic carbocycles. The van der Waals surface area contributed by atoms with Crippen LogP contribution < -0.4 is 20.9 Å². The highest BCUT2D eigenvalue weighted by Crippen LogP contribution is 2.37. The Labute approximate surface area is 143 Å². The van der Waals surface area contributed by atoms with E-state index in [0.29, 0.717) is 5.69 Å². The zero-order valence-electron chi connectivity index (χ0n) is 13.1. The number of nitrogens with zero attached hydrogens (tertiary/aromatic N) is 3. The molecule has 0 aromatic carbocycles. The standard InChI is InChI=1S/C13H16ClN5O4S/c1-6(2)10-7(23-8-5-17-13(16)19-11(8)15)4-9(24(14,20)21)12(18-10)22-3/h4-6H,1-3H3,(H4,15,16,17,19). The van der Waals surface area contributed by atoms with Crippen molar-refractivity contribution in [1.82, 2.24) is 15.0 Å². The van der Waals surface area contributed by atoms with Crippen molar-refractivity contribution in [2.24, 2.45) is 0 Å². The number of aromatic nitrogens is 3. The predicted octanol–water partition coefficient (Wildman–Crippen LogP) is 1.89. The first-order valence-electron chi connectivity index (χ1n) is 6.73. The number of halogens is 1. The van der Waals surface area contributed by atoms with Gasteiger partial charge in [-0.05, 0) is 5.92 Å². The molecule has 4 N–H and O–H groups in total. The van der Waals surface area contributed by atoms with Gasteiger partial charge in [-0.1, -0.05) is 13.8 Å². The molecule has 130 valence electrons. The summed E-state index contributed by atoms with van der Waals surface area (Å²) in [6.07, 6.45) is 1.28. The number of methoxy groups -OCH3 is 1. The van der Waals surface area contributed by atoms with Gasteiger partial charge < -0.3 is 20.9 Å². The summed E-state index contributed by atoms with van der Waals surface area (Å²) < 4.78 is 34.1. The average Bonchev–Trinajstić information content (AvgIpc) is 2.48. The molecule has 0 saturated heterocycles. The minimum absolute atomic E-state index is 0.00306. The first kappa shape index (κ1) is 18.0. The molecular formula is C13H16ClN5O4S. The maximum Gasteiger partial charge on any atom is 0.266 e. The Morgan fingerprint density at radius 2 is 1.88 bits per heavy atom. The first-order valence-corrected chi connectivity index (χ1v) is 9.03. The van der Waals surface area contributed by atoms with Crippen molar-refractivity contribution in [3.63, 3.8) is 0 Å². The zero-order valence-corrected chi connectivity index (χ0v) is 14.7. The number of rotatable bonds is 5. The number of hydrogen-bond donors (Lipinski definition) is 2. The van der Waals surface area contributed by atoms with Crippen molar-refractivity contribution >= 4 is 31.5 Å². The number of hydrogen-bond acceptors (Lipinski definition) is 9. The third-order valence-corrected chi connectivity index (χ3v) is 4.29. The Morgan fingerprint density at radius 3 is 2.38 bits per heavy atom. The molecule has 2 aromatic heterocycles. The molecule has 0 radical (unpaired) electrons. The van der Waals surface area contributed by atoms with Gasteiger partial charge in [-0.3, -0.25) is 0 Å². The van der Waals surface area contributed by atoms with Gasteiger partial charge in [0.05, 0.1) is 19.0 Å². The minimum Gasteiger partial charge on any atom is -0.480 e. The van der Waals surface area contributed by atoms with Gasteiger partial charge >= 0.3 is 0 Å². The van der Waals surface area contributed by atoms with Gasteiger partial charge in [-0.25, -0.2) is 18.4 Å². The normalized spacial score (nSPS) is 11.5. The fourth-order valence-corrected chi connectivity index (χ4v) is 2.80. The molecule has 0 amide bonds. The number of ether oxygens (including phenoxy) is 2. The van der Waals surface area contributed by atoms with Gasteiger partial charge in [0, 0.05) is 16.7 Å². The molecule has 0 unspecified atom stereocenters. The molecule has 0 fully saturated rings. The van der Waals surface area contributed by atoms with E-state index < -0.39 is 9.05 Å². The predicted molar refractivity (Wildman–Crippen MR) is 88.8 cm³/mol. The molecule has 0 saturated carbocycles. The van der Waals surface area contributed by atoms with E-state index in [1.54, 1.807) is 0 Å². The number of anilines is 2. The second-order valence-corrected chi connectivity index (χ2v) is 7.59. The van der Waals surface area contributed by atoms with Crippen LogP contribution in [0, 0.1) is 0 Å². The largest absolute Gasteiger partial charge is 0.480 e. The Morgan fingerprint density at radius 1 is 1.21 bits per heavy atom. The van der Waals surface area contributed by atoms with Crippen LogP contribution in [-0.2, 0) is 9.05 Å². The summed E-state index contributed by atoms with van der Waals surface area (Å²) in [6, 6.07) is 1.22. The lowest BCUT2D eigenvalue weighted by molar-refractivity contribution is 0.377. The summed E-state index contributed by atoms with van der Waals surface area (Å²) in [5.41, 5.74) is 11.6.